The Morgan fingerprint density at radius 1 is 0.379 bits per heavy atom. The zero-order chi connectivity index (χ0) is 47.7. The summed E-state index contributed by atoms with van der Waals surface area (Å²) < 4.78 is 0. The molecule has 0 aromatic rings. The van der Waals surface area contributed by atoms with Crippen molar-refractivity contribution in [1.29, 1.82) is 0 Å². The maximum absolute atomic E-state index is 12.4. The van der Waals surface area contributed by atoms with E-state index in [4.69, 9.17) is 0 Å². The van der Waals surface area contributed by atoms with Gasteiger partial charge in [-0.05, 0) is 122 Å². The number of aliphatic hydroxyl groups is 2. The summed E-state index contributed by atoms with van der Waals surface area (Å²) in [5.74, 6) is -0.100. The number of aliphatic hydroxyl groups excluding tert-OH is 2. The summed E-state index contributed by atoms with van der Waals surface area (Å²) in [4.78, 5) is 12.4. The summed E-state index contributed by atoms with van der Waals surface area (Å²) >= 11 is 0. The van der Waals surface area contributed by atoms with E-state index < -0.39 is 12.1 Å². The van der Waals surface area contributed by atoms with Crippen LogP contribution in [0.5, 0.6) is 0 Å². The van der Waals surface area contributed by atoms with E-state index in [-0.39, 0.29) is 12.5 Å². The molecule has 0 radical (unpaired) electrons. The maximum atomic E-state index is 12.4. The highest BCUT2D eigenvalue weighted by Crippen LogP contribution is 2.11. The molecule has 2 atom stereocenters. The third kappa shape index (κ3) is 51.0. The van der Waals surface area contributed by atoms with Crippen molar-refractivity contribution >= 4 is 5.91 Å². The molecule has 0 aliphatic carbocycles. The molecule has 0 fully saturated rings. The van der Waals surface area contributed by atoms with E-state index in [1.54, 1.807) is 6.08 Å². The van der Waals surface area contributed by atoms with Gasteiger partial charge >= 0.3 is 0 Å². The van der Waals surface area contributed by atoms with Gasteiger partial charge in [0.05, 0.1) is 18.8 Å². The van der Waals surface area contributed by atoms with E-state index in [0.29, 0.717) is 6.42 Å². The summed E-state index contributed by atoms with van der Waals surface area (Å²) in [7, 11) is 0. The normalized spacial score (nSPS) is 14.2. The Morgan fingerprint density at radius 3 is 1.06 bits per heavy atom. The van der Waals surface area contributed by atoms with Crippen molar-refractivity contribution in [3.05, 3.63) is 158 Å². The van der Waals surface area contributed by atoms with Gasteiger partial charge in [0.15, 0.2) is 0 Å². The van der Waals surface area contributed by atoms with Gasteiger partial charge in [-0.25, -0.2) is 0 Å². The van der Waals surface area contributed by atoms with Gasteiger partial charge in [0.1, 0.15) is 0 Å². The standard InChI is InChI=1S/C62H99NO3/c1-3-5-7-9-11-13-15-17-19-21-22-23-24-25-26-27-28-29-30-31-32-33-34-35-36-37-38-39-40-42-44-46-48-50-52-54-56-58-62(66)63-60(59-64)61(65)57-55-53-51-49-47-45-43-41-20-18-16-14-12-10-8-6-4-2/h5,7,11,13,17,19-20,22-23,25-26,28-29,31-32,34-35,37-38,40-42,47,49,55,57,60-61,64-65H,3-4,6,8-10,12,14-16,18,21,24,27,30,33,36,39,43-46,48,50-54,56,58-59H2,1-2H3,(H,63,66)/b7-5-,13-11-,19-17-,23-22-,26-25-,29-28-,32-31-,35-34-,38-37-,41-20+,42-40-,49-47+,57-55+. The van der Waals surface area contributed by atoms with Gasteiger partial charge < -0.3 is 15.5 Å². The molecular formula is C62H99NO3. The van der Waals surface area contributed by atoms with E-state index in [9.17, 15) is 15.0 Å². The molecule has 0 rings (SSSR count). The topological polar surface area (TPSA) is 69.6 Å². The Labute approximate surface area is 407 Å². The SMILES string of the molecule is CC/C=C\C/C=C\C/C=C\C/C=C\C/C=C\C/C=C\C/C=C\C/C=C\C/C=C\C/C=C\CCCCCCCCC(=O)NC(CO)C(O)/C=C/CC/C=C/CC/C=C/CCCCCCCCC. The lowest BCUT2D eigenvalue weighted by atomic mass is 10.1. The Kier molecular flexibility index (Phi) is 52.0. The van der Waals surface area contributed by atoms with Gasteiger partial charge in [0.2, 0.25) is 5.91 Å². The molecule has 0 heterocycles. The number of hydrogen-bond donors (Lipinski definition) is 3. The van der Waals surface area contributed by atoms with Crippen LogP contribution in [0.25, 0.3) is 0 Å². The number of carbonyl (C=O) groups excluding carboxylic acids is 1. The molecule has 370 valence electrons. The zero-order valence-electron chi connectivity index (χ0n) is 42.4. The van der Waals surface area contributed by atoms with Crippen molar-refractivity contribution in [2.45, 2.75) is 219 Å². The minimum Gasteiger partial charge on any atom is -0.394 e. The number of allylic oxidation sites excluding steroid dienone is 25. The number of unbranched alkanes of at least 4 members (excludes halogenated alkanes) is 15. The van der Waals surface area contributed by atoms with Crippen LogP contribution in [0.2, 0.25) is 0 Å². The lowest BCUT2D eigenvalue weighted by Crippen LogP contribution is -2.45. The maximum Gasteiger partial charge on any atom is 0.220 e. The molecule has 0 aromatic heterocycles. The monoisotopic (exact) mass is 906 g/mol. The molecular weight excluding hydrogens is 807 g/mol. The summed E-state index contributed by atoms with van der Waals surface area (Å²) in [6.45, 7) is 4.15. The minimum atomic E-state index is -0.888. The first-order valence-corrected chi connectivity index (χ1v) is 26.7. The van der Waals surface area contributed by atoms with Crippen LogP contribution in [-0.4, -0.2) is 34.9 Å². The number of amides is 1. The molecule has 4 heteroatoms. The predicted octanol–water partition coefficient (Wildman–Crippen LogP) is 17.8. The zero-order valence-corrected chi connectivity index (χ0v) is 42.4. The molecule has 0 saturated heterocycles. The highest BCUT2D eigenvalue weighted by atomic mass is 16.3. The van der Waals surface area contributed by atoms with Crippen LogP contribution in [0.15, 0.2) is 158 Å². The summed E-state index contributed by atoms with van der Waals surface area (Å²) in [6, 6.07) is -0.666. The fourth-order valence-corrected chi connectivity index (χ4v) is 6.94. The number of hydrogen-bond acceptors (Lipinski definition) is 3. The van der Waals surface area contributed by atoms with E-state index in [0.717, 1.165) is 116 Å². The number of rotatable bonds is 46. The predicted molar refractivity (Wildman–Crippen MR) is 294 cm³/mol. The van der Waals surface area contributed by atoms with Crippen molar-refractivity contribution in [2.75, 3.05) is 6.61 Å². The van der Waals surface area contributed by atoms with E-state index in [1.165, 1.54) is 70.6 Å². The van der Waals surface area contributed by atoms with Crippen molar-refractivity contribution in [3.63, 3.8) is 0 Å². The molecule has 66 heavy (non-hydrogen) atoms. The first-order chi connectivity index (χ1) is 32.7. The van der Waals surface area contributed by atoms with Gasteiger partial charge in [0.25, 0.3) is 0 Å². The smallest absolute Gasteiger partial charge is 0.220 e. The second-order valence-corrected chi connectivity index (χ2v) is 17.2. The average Bonchev–Trinajstić information content (AvgIpc) is 3.32. The molecule has 4 nitrogen and oxygen atoms in total. The lowest BCUT2D eigenvalue weighted by molar-refractivity contribution is -0.123. The highest BCUT2D eigenvalue weighted by Gasteiger charge is 2.17. The average molecular weight is 906 g/mol. The highest BCUT2D eigenvalue weighted by molar-refractivity contribution is 5.76. The van der Waals surface area contributed by atoms with Gasteiger partial charge in [-0.1, -0.05) is 236 Å². The van der Waals surface area contributed by atoms with Crippen LogP contribution in [-0.2, 0) is 4.79 Å². The van der Waals surface area contributed by atoms with Gasteiger partial charge in [-0.2, -0.15) is 0 Å². The summed E-state index contributed by atoms with van der Waals surface area (Å²) in [5.41, 5.74) is 0. The summed E-state index contributed by atoms with van der Waals surface area (Å²) in [5, 5.41) is 23.0. The number of carbonyl (C=O) groups is 1. The number of nitrogens with one attached hydrogen (secondary N) is 1. The van der Waals surface area contributed by atoms with Crippen LogP contribution in [0.3, 0.4) is 0 Å². The fraction of sp³-hybridized carbons (Fsp3) is 0.565. The van der Waals surface area contributed by atoms with Gasteiger partial charge in [0, 0.05) is 6.42 Å². The van der Waals surface area contributed by atoms with Crippen LogP contribution >= 0.6 is 0 Å². The quantitative estimate of drug-likeness (QED) is 0.0421. The fourth-order valence-electron chi connectivity index (χ4n) is 6.94. The second-order valence-electron chi connectivity index (χ2n) is 17.2. The largest absolute Gasteiger partial charge is 0.394 e. The molecule has 2 unspecified atom stereocenters. The Balaban J connectivity index is 3.73. The van der Waals surface area contributed by atoms with Crippen LogP contribution < -0.4 is 5.32 Å². The van der Waals surface area contributed by atoms with Crippen molar-refractivity contribution in [2.24, 2.45) is 0 Å². The Morgan fingerprint density at radius 2 is 0.682 bits per heavy atom. The van der Waals surface area contributed by atoms with Gasteiger partial charge in [-0.3, -0.25) is 4.79 Å². The molecule has 0 aliphatic rings. The van der Waals surface area contributed by atoms with Crippen molar-refractivity contribution < 1.29 is 15.0 Å². The molecule has 0 aromatic carbocycles. The first kappa shape index (κ1) is 62.0. The van der Waals surface area contributed by atoms with E-state index in [2.05, 4.69) is 165 Å². The molecule has 3 N–H and O–H groups in total. The Hall–Kier alpha value is -3.99. The van der Waals surface area contributed by atoms with E-state index in [1.807, 2.05) is 6.08 Å². The molecule has 0 bridgehead atoms. The van der Waals surface area contributed by atoms with Crippen LogP contribution in [0.1, 0.15) is 206 Å². The summed E-state index contributed by atoms with van der Waals surface area (Å²) in [6.07, 6.45) is 89.5. The third-order valence-corrected chi connectivity index (χ3v) is 11.0. The molecule has 0 aliphatic heterocycles. The minimum absolute atomic E-state index is 0.100. The first-order valence-electron chi connectivity index (χ1n) is 26.7. The van der Waals surface area contributed by atoms with Crippen LogP contribution in [0.4, 0.5) is 0 Å². The molecule has 0 spiro atoms. The Bertz CT molecular complexity index is 1440. The van der Waals surface area contributed by atoms with Gasteiger partial charge in [-0.15, -0.1) is 0 Å². The van der Waals surface area contributed by atoms with Crippen molar-refractivity contribution in [1.82, 2.24) is 5.32 Å². The lowest BCUT2D eigenvalue weighted by Gasteiger charge is -2.19. The molecule has 0 saturated carbocycles. The van der Waals surface area contributed by atoms with Crippen molar-refractivity contribution in [3.8, 4) is 0 Å². The van der Waals surface area contributed by atoms with Crippen LogP contribution in [0, 0.1) is 0 Å². The molecule has 1 amide bonds. The van der Waals surface area contributed by atoms with E-state index >= 15 is 0 Å². The second kappa shape index (κ2) is 55.3. The third-order valence-electron chi connectivity index (χ3n) is 11.0.